The molecule has 0 aromatic heterocycles. The highest BCUT2D eigenvalue weighted by Gasteiger charge is 2.44. The molecule has 1 atom stereocenters. The summed E-state index contributed by atoms with van der Waals surface area (Å²) in [6.07, 6.45) is 7.36. The maximum atomic E-state index is 4.05. The second-order valence-corrected chi connectivity index (χ2v) is 7.88. The molecule has 0 bridgehead atoms. The molecule has 1 nitrogen and oxygen atoms in total. The van der Waals surface area contributed by atoms with Gasteiger partial charge in [-0.1, -0.05) is 13.8 Å². The van der Waals surface area contributed by atoms with Gasteiger partial charge in [-0.25, -0.2) is 0 Å². The predicted molar refractivity (Wildman–Crippen MR) is 71.9 cm³/mol. The highest BCUT2D eigenvalue weighted by Crippen LogP contribution is 2.46. The molecule has 92 valence electrons. The lowest BCUT2D eigenvalue weighted by Gasteiger charge is -2.41. The van der Waals surface area contributed by atoms with Gasteiger partial charge in [0.05, 0.1) is 0 Å². The Morgan fingerprint density at radius 1 is 1.12 bits per heavy atom. The van der Waals surface area contributed by atoms with E-state index in [1.165, 1.54) is 43.6 Å². The fraction of sp³-hybridized carbons (Fsp3) is 1.00. The summed E-state index contributed by atoms with van der Waals surface area (Å²) < 4.78 is 0. The molecule has 0 aromatic carbocycles. The van der Waals surface area contributed by atoms with Crippen LogP contribution in [0.5, 0.6) is 0 Å². The maximum Gasteiger partial charge on any atom is 0.0212 e. The molecule has 3 rings (SSSR count). The van der Waals surface area contributed by atoms with E-state index in [1.54, 1.807) is 0 Å². The molecular formula is C14H25NS. The molecule has 2 aliphatic carbocycles. The first-order chi connectivity index (χ1) is 7.67. The van der Waals surface area contributed by atoms with E-state index >= 15 is 0 Å². The van der Waals surface area contributed by atoms with Crippen LogP contribution in [-0.4, -0.2) is 23.6 Å². The quantitative estimate of drug-likeness (QED) is 0.808. The predicted octanol–water partition coefficient (Wildman–Crippen LogP) is 3.30. The molecule has 2 heteroatoms. The van der Waals surface area contributed by atoms with Crippen LogP contribution in [0.2, 0.25) is 0 Å². The molecule has 1 aliphatic heterocycles. The third-order valence-electron chi connectivity index (χ3n) is 4.77. The van der Waals surface area contributed by atoms with E-state index in [0.717, 1.165) is 23.9 Å². The monoisotopic (exact) mass is 239 g/mol. The standard InChI is InChI=1S/C14H25NS/c1-14(2)7-8-16-9-12(14)15-13(10-3-4-10)11-5-6-11/h10-13,15H,3-9H2,1-2H3. The van der Waals surface area contributed by atoms with E-state index < -0.39 is 0 Å². The van der Waals surface area contributed by atoms with Crippen molar-refractivity contribution in [1.82, 2.24) is 5.32 Å². The van der Waals surface area contributed by atoms with Gasteiger partial charge >= 0.3 is 0 Å². The Hall–Kier alpha value is 0.310. The zero-order chi connectivity index (χ0) is 11.2. The SMILES string of the molecule is CC1(C)CCSCC1NC(C1CC1)C1CC1. The Labute approximate surface area is 104 Å². The van der Waals surface area contributed by atoms with E-state index in [2.05, 4.69) is 30.9 Å². The van der Waals surface area contributed by atoms with Gasteiger partial charge < -0.3 is 5.32 Å². The first kappa shape index (κ1) is 11.4. The van der Waals surface area contributed by atoms with Gasteiger partial charge in [0.15, 0.2) is 0 Å². The van der Waals surface area contributed by atoms with Crippen molar-refractivity contribution >= 4 is 11.8 Å². The Morgan fingerprint density at radius 2 is 1.75 bits per heavy atom. The fourth-order valence-electron chi connectivity index (χ4n) is 3.01. The average molecular weight is 239 g/mol. The summed E-state index contributed by atoms with van der Waals surface area (Å²) >= 11 is 2.15. The third-order valence-corrected chi connectivity index (χ3v) is 5.83. The summed E-state index contributed by atoms with van der Waals surface area (Å²) in [5, 5.41) is 4.05. The summed E-state index contributed by atoms with van der Waals surface area (Å²) in [7, 11) is 0. The van der Waals surface area contributed by atoms with Crippen molar-refractivity contribution in [2.24, 2.45) is 17.3 Å². The lowest BCUT2D eigenvalue weighted by atomic mass is 9.81. The number of hydrogen-bond donors (Lipinski definition) is 1. The normalized spacial score (nSPS) is 34.3. The largest absolute Gasteiger partial charge is 0.309 e. The van der Waals surface area contributed by atoms with Crippen molar-refractivity contribution in [1.29, 1.82) is 0 Å². The zero-order valence-corrected chi connectivity index (χ0v) is 11.5. The van der Waals surface area contributed by atoms with E-state index in [4.69, 9.17) is 0 Å². The number of rotatable bonds is 4. The summed E-state index contributed by atoms with van der Waals surface area (Å²) in [5.41, 5.74) is 0.521. The van der Waals surface area contributed by atoms with Gasteiger partial charge in [0, 0.05) is 17.8 Å². The zero-order valence-electron chi connectivity index (χ0n) is 10.7. The van der Waals surface area contributed by atoms with E-state index in [1.807, 2.05) is 0 Å². The van der Waals surface area contributed by atoms with Crippen molar-refractivity contribution in [2.75, 3.05) is 11.5 Å². The Morgan fingerprint density at radius 3 is 2.25 bits per heavy atom. The summed E-state index contributed by atoms with van der Waals surface area (Å²) in [5.74, 6) is 4.77. The lowest BCUT2D eigenvalue weighted by Crippen LogP contribution is -2.52. The van der Waals surface area contributed by atoms with Crippen molar-refractivity contribution in [2.45, 2.75) is 58.0 Å². The van der Waals surface area contributed by atoms with Crippen LogP contribution in [-0.2, 0) is 0 Å². The second kappa shape index (κ2) is 4.20. The Kier molecular flexibility index (Phi) is 3.00. The van der Waals surface area contributed by atoms with Crippen LogP contribution < -0.4 is 5.32 Å². The molecule has 1 unspecified atom stereocenters. The number of thioether (sulfide) groups is 1. The molecule has 16 heavy (non-hydrogen) atoms. The van der Waals surface area contributed by atoms with Crippen molar-refractivity contribution < 1.29 is 0 Å². The van der Waals surface area contributed by atoms with Crippen molar-refractivity contribution in [3.8, 4) is 0 Å². The molecule has 1 N–H and O–H groups in total. The smallest absolute Gasteiger partial charge is 0.0212 e. The average Bonchev–Trinajstić information content (AvgIpc) is 3.10. The molecule has 2 saturated carbocycles. The molecule has 1 heterocycles. The van der Waals surface area contributed by atoms with Crippen LogP contribution in [0, 0.1) is 17.3 Å². The van der Waals surface area contributed by atoms with Crippen LogP contribution >= 0.6 is 11.8 Å². The van der Waals surface area contributed by atoms with Crippen LogP contribution in [0.3, 0.4) is 0 Å². The van der Waals surface area contributed by atoms with E-state index in [-0.39, 0.29) is 0 Å². The lowest BCUT2D eigenvalue weighted by molar-refractivity contribution is 0.212. The summed E-state index contributed by atoms with van der Waals surface area (Å²) in [4.78, 5) is 0. The minimum absolute atomic E-state index is 0.521. The number of hydrogen-bond acceptors (Lipinski definition) is 2. The van der Waals surface area contributed by atoms with Crippen LogP contribution in [0.1, 0.15) is 46.0 Å². The molecule has 3 aliphatic rings. The summed E-state index contributed by atoms with van der Waals surface area (Å²) in [6, 6.07) is 1.64. The van der Waals surface area contributed by atoms with Crippen LogP contribution in [0.4, 0.5) is 0 Å². The molecule has 0 aromatic rings. The Balaban J connectivity index is 1.62. The van der Waals surface area contributed by atoms with E-state index in [0.29, 0.717) is 5.41 Å². The van der Waals surface area contributed by atoms with Crippen molar-refractivity contribution in [3.05, 3.63) is 0 Å². The van der Waals surface area contributed by atoms with Gasteiger partial charge in [-0.15, -0.1) is 0 Å². The minimum atomic E-state index is 0.521. The van der Waals surface area contributed by atoms with Crippen LogP contribution in [0.25, 0.3) is 0 Å². The Bertz CT molecular complexity index is 243. The van der Waals surface area contributed by atoms with E-state index in [9.17, 15) is 0 Å². The van der Waals surface area contributed by atoms with Gasteiger partial charge in [0.1, 0.15) is 0 Å². The molecule has 3 fully saturated rings. The molecule has 0 amide bonds. The molecular weight excluding hydrogens is 214 g/mol. The highest BCUT2D eigenvalue weighted by molar-refractivity contribution is 7.99. The van der Waals surface area contributed by atoms with Crippen LogP contribution in [0.15, 0.2) is 0 Å². The minimum Gasteiger partial charge on any atom is -0.309 e. The maximum absolute atomic E-state index is 4.05. The first-order valence-corrected chi connectivity index (χ1v) is 8.16. The van der Waals surface area contributed by atoms with Gasteiger partial charge in [0.25, 0.3) is 0 Å². The van der Waals surface area contributed by atoms with Gasteiger partial charge in [-0.3, -0.25) is 0 Å². The summed E-state index contributed by atoms with van der Waals surface area (Å²) in [6.45, 7) is 4.92. The van der Waals surface area contributed by atoms with Gasteiger partial charge in [-0.2, -0.15) is 11.8 Å². The topological polar surface area (TPSA) is 12.0 Å². The van der Waals surface area contributed by atoms with Gasteiger partial charge in [0.2, 0.25) is 0 Å². The fourth-order valence-corrected chi connectivity index (χ4v) is 4.63. The first-order valence-electron chi connectivity index (χ1n) is 7.00. The van der Waals surface area contributed by atoms with Gasteiger partial charge in [-0.05, 0) is 55.1 Å². The second-order valence-electron chi connectivity index (χ2n) is 6.73. The molecule has 0 spiro atoms. The third kappa shape index (κ3) is 2.43. The molecule has 0 radical (unpaired) electrons. The van der Waals surface area contributed by atoms with Crippen molar-refractivity contribution in [3.63, 3.8) is 0 Å². The molecule has 1 saturated heterocycles. The highest BCUT2D eigenvalue weighted by atomic mass is 32.2. The number of nitrogens with one attached hydrogen (secondary N) is 1.